The fourth-order valence-corrected chi connectivity index (χ4v) is 4.28. The zero-order valence-corrected chi connectivity index (χ0v) is 16.0. The molecule has 3 aromatic rings. The maximum Gasteiger partial charge on any atom is 0.265 e. The third kappa shape index (κ3) is 2.97. The molecule has 1 aliphatic heterocycles. The van der Waals surface area contributed by atoms with E-state index < -0.39 is 0 Å². The minimum absolute atomic E-state index is 0.122. The van der Waals surface area contributed by atoms with Crippen LogP contribution in [-0.4, -0.2) is 65.4 Å². The van der Waals surface area contributed by atoms with Gasteiger partial charge in [0.15, 0.2) is 4.96 Å². The second-order valence-corrected chi connectivity index (χ2v) is 7.60. The molecule has 4 rings (SSSR count). The number of fused-ring (bicyclic) bond motifs is 1. The van der Waals surface area contributed by atoms with Crippen molar-refractivity contribution in [2.45, 2.75) is 6.92 Å². The van der Waals surface area contributed by atoms with Crippen LogP contribution in [0.2, 0.25) is 0 Å². The molecule has 0 unspecified atom stereocenters. The number of imidazole rings is 1. The highest BCUT2D eigenvalue weighted by Gasteiger charge is 2.25. The Bertz CT molecular complexity index is 937. The molecule has 3 heterocycles. The molecule has 7 heteroatoms. The highest BCUT2D eigenvalue weighted by atomic mass is 32.1. The second-order valence-electron chi connectivity index (χ2n) is 6.62. The topological polar surface area (TPSA) is 50.1 Å². The Balaban J connectivity index is 1.62. The number of carbonyl (C=O) groups excluding carboxylic acids is 1. The second kappa shape index (κ2) is 6.74. The van der Waals surface area contributed by atoms with E-state index in [9.17, 15) is 4.79 Å². The van der Waals surface area contributed by atoms with Gasteiger partial charge < -0.3 is 14.5 Å². The predicted molar refractivity (Wildman–Crippen MR) is 103 cm³/mol. The van der Waals surface area contributed by atoms with Crippen LogP contribution in [0.15, 0.2) is 30.5 Å². The summed E-state index contributed by atoms with van der Waals surface area (Å²) in [7, 11) is 3.75. The maximum absolute atomic E-state index is 12.9. The summed E-state index contributed by atoms with van der Waals surface area (Å²) in [5.41, 5.74) is 2.90. The third-order valence-corrected chi connectivity index (χ3v) is 6.07. The van der Waals surface area contributed by atoms with E-state index in [1.54, 1.807) is 7.11 Å². The average molecular weight is 370 g/mol. The number of thiazole rings is 1. The van der Waals surface area contributed by atoms with Gasteiger partial charge in [-0.3, -0.25) is 9.20 Å². The van der Waals surface area contributed by atoms with Crippen molar-refractivity contribution >= 4 is 22.2 Å². The summed E-state index contributed by atoms with van der Waals surface area (Å²) in [6, 6.07) is 7.85. The molecule has 1 saturated heterocycles. The Labute approximate surface area is 156 Å². The van der Waals surface area contributed by atoms with Crippen LogP contribution in [0.4, 0.5) is 0 Å². The van der Waals surface area contributed by atoms with Crippen LogP contribution in [0.3, 0.4) is 0 Å². The summed E-state index contributed by atoms with van der Waals surface area (Å²) < 4.78 is 7.23. The highest BCUT2D eigenvalue weighted by Crippen LogP contribution is 2.29. The van der Waals surface area contributed by atoms with E-state index in [2.05, 4.69) is 11.9 Å². The summed E-state index contributed by atoms with van der Waals surface area (Å²) in [5.74, 6) is 0.947. The Morgan fingerprint density at radius 3 is 2.46 bits per heavy atom. The van der Waals surface area contributed by atoms with Crippen LogP contribution >= 0.6 is 11.3 Å². The Morgan fingerprint density at radius 1 is 1.15 bits per heavy atom. The fourth-order valence-electron chi connectivity index (χ4n) is 3.20. The number of carbonyl (C=O) groups is 1. The molecular formula is C19H22N4O2S. The number of aromatic nitrogens is 2. The standard InChI is InChI=1S/C19H22N4O2S/c1-13-17(18(24)22-10-8-21(2)9-11-22)26-19-20-16(12-23(13)19)14-4-6-15(25-3)7-5-14/h4-7,12H,8-11H2,1-3H3. The molecular weight excluding hydrogens is 348 g/mol. The lowest BCUT2D eigenvalue weighted by Crippen LogP contribution is -2.47. The van der Waals surface area contributed by atoms with Crippen LogP contribution < -0.4 is 4.74 Å². The van der Waals surface area contributed by atoms with Gasteiger partial charge in [0, 0.05) is 43.6 Å². The van der Waals surface area contributed by atoms with Crippen molar-refractivity contribution in [3.05, 3.63) is 41.0 Å². The van der Waals surface area contributed by atoms with Gasteiger partial charge in [0.25, 0.3) is 5.91 Å². The van der Waals surface area contributed by atoms with Crippen molar-refractivity contribution in [1.29, 1.82) is 0 Å². The molecule has 0 aliphatic carbocycles. The number of amides is 1. The molecule has 0 radical (unpaired) electrons. The number of hydrogen-bond acceptors (Lipinski definition) is 5. The number of rotatable bonds is 3. The van der Waals surface area contributed by atoms with Gasteiger partial charge in [-0.25, -0.2) is 4.98 Å². The highest BCUT2D eigenvalue weighted by molar-refractivity contribution is 7.19. The van der Waals surface area contributed by atoms with E-state index >= 15 is 0 Å². The van der Waals surface area contributed by atoms with Crippen LogP contribution in [0.1, 0.15) is 15.4 Å². The van der Waals surface area contributed by atoms with E-state index in [1.807, 2.05) is 46.7 Å². The van der Waals surface area contributed by atoms with Crippen LogP contribution in [0, 0.1) is 6.92 Å². The number of nitrogens with zero attached hydrogens (tertiary/aromatic N) is 4. The smallest absolute Gasteiger partial charge is 0.265 e. The summed E-state index contributed by atoms with van der Waals surface area (Å²) in [6.07, 6.45) is 2.00. The Hall–Kier alpha value is -2.38. The van der Waals surface area contributed by atoms with E-state index in [4.69, 9.17) is 9.72 Å². The van der Waals surface area contributed by atoms with Gasteiger partial charge in [-0.1, -0.05) is 11.3 Å². The molecule has 1 fully saturated rings. The van der Waals surface area contributed by atoms with Gasteiger partial charge in [0.05, 0.1) is 12.8 Å². The fraction of sp³-hybridized carbons (Fsp3) is 0.368. The molecule has 26 heavy (non-hydrogen) atoms. The molecule has 1 amide bonds. The largest absolute Gasteiger partial charge is 0.497 e. The van der Waals surface area contributed by atoms with E-state index in [0.29, 0.717) is 0 Å². The zero-order chi connectivity index (χ0) is 18.3. The average Bonchev–Trinajstić information content (AvgIpc) is 3.21. The number of likely N-dealkylation sites (N-methyl/N-ethyl adjacent to an activating group) is 1. The zero-order valence-electron chi connectivity index (χ0n) is 15.2. The molecule has 0 N–H and O–H groups in total. The quantitative estimate of drug-likeness (QED) is 0.711. The van der Waals surface area contributed by atoms with Gasteiger partial charge in [-0.2, -0.15) is 0 Å². The molecule has 0 spiro atoms. The monoisotopic (exact) mass is 370 g/mol. The number of benzene rings is 1. The minimum Gasteiger partial charge on any atom is -0.497 e. The molecule has 136 valence electrons. The number of aryl methyl sites for hydroxylation is 1. The summed E-state index contributed by atoms with van der Waals surface area (Å²) in [4.78, 5) is 23.4. The summed E-state index contributed by atoms with van der Waals surface area (Å²) >= 11 is 1.47. The lowest BCUT2D eigenvalue weighted by molar-refractivity contribution is 0.0668. The first-order chi connectivity index (χ1) is 12.6. The van der Waals surface area contributed by atoms with Gasteiger partial charge >= 0.3 is 0 Å². The summed E-state index contributed by atoms with van der Waals surface area (Å²) in [6.45, 7) is 5.41. The number of piperazine rings is 1. The van der Waals surface area contributed by atoms with Crippen molar-refractivity contribution in [3.63, 3.8) is 0 Å². The normalized spacial score (nSPS) is 15.6. The molecule has 1 aliphatic rings. The number of methoxy groups -OCH3 is 1. The maximum atomic E-state index is 12.9. The number of hydrogen-bond donors (Lipinski definition) is 0. The number of ether oxygens (including phenoxy) is 1. The Morgan fingerprint density at radius 2 is 1.85 bits per heavy atom. The van der Waals surface area contributed by atoms with Crippen molar-refractivity contribution in [1.82, 2.24) is 19.2 Å². The molecule has 0 bridgehead atoms. The molecule has 6 nitrogen and oxygen atoms in total. The van der Waals surface area contributed by atoms with E-state index in [1.165, 1.54) is 11.3 Å². The van der Waals surface area contributed by atoms with Gasteiger partial charge in [-0.15, -0.1) is 0 Å². The van der Waals surface area contributed by atoms with Crippen molar-refractivity contribution < 1.29 is 9.53 Å². The molecule has 1 aromatic carbocycles. The van der Waals surface area contributed by atoms with Gasteiger partial charge in [0.1, 0.15) is 10.6 Å². The first-order valence-corrected chi connectivity index (χ1v) is 9.49. The first kappa shape index (κ1) is 17.1. The van der Waals surface area contributed by atoms with E-state index in [0.717, 1.165) is 58.7 Å². The third-order valence-electron chi connectivity index (χ3n) is 4.93. The first-order valence-electron chi connectivity index (χ1n) is 8.67. The van der Waals surface area contributed by atoms with Crippen molar-refractivity contribution in [2.75, 3.05) is 40.3 Å². The van der Waals surface area contributed by atoms with Crippen LogP contribution in [0.25, 0.3) is 16.2 Å². The molecule has 0 saturated carbocycles. The SMILES string of the molecule is COc1ccc(-c2cn3c(C)c(C(=O)N4CCN(C)CC4)sc3n2)cc1. The van der Waals surface area contributed by atoms with Crippen molar-refractivity contribution in [2.24, 2.45) is 0 Å². The lowest BCUT2D eigenvalue weighted by atomic mass is 10.2. The predicted octanol–water partition coefficient (Wildman–Crippen LogP) is 2.77. The van der Waals surface area contributed by atoms with Crippen LogP contribution in [0.5, 0.6) is 5.75 Å². The summed E-state index contributed by atoms with van der Waals surface area (Å²) in [5, 5.41) is 0. The minimum atomic E-state index is 0.122. The lowest BCUT2D eigenvalue weighted by Gasteiger charge is -2.32. The Kier molecular flexibility index (Phi) is 4.42. The molecule has 0 atom stereocenters. The van der Waals surface area contributed by atoms with Gasteiger partial charge in [-0.05, 0) is 38.2 Å². The van der Waals surface area contributed by atoms with E-state index in [-0.39, 0.29) is 5.91 Å². The van der Waals surface area contributed by atoms with Gasteiger partial charge in [0.2, 0.25) is 0 Å². The van der Waals surface area contributed by atoms with Crippen molar-refractivity contribution in [3.8, 4) is 17.0 Å². The van der Waals surface area contributed by atoms with Crippen LogP contribution in [-0.2, 0) is 0 Å². The molecule has 2 aromatic heterocycles.